The Bertz CT molecular complexity index is 675. The predicted molar refractivity (Wildman–Crippen MR) is 69.1 cm³/mol. The van der Waals surface area contributed by atoms with Crippen LogP contribution >= 0.6 is 0 Å². The maximum atomic E-state index is 13.9. The molecule has 0 spiro atoms. The standard InChI is InChI=1S/C13H11F3N4/c14-8-2-1-7-3-4-20(11(7)5-8)13-10(16)6-9(15)12(18-13)19-17/h1-2,5-6H,3-4,17H2,(H,18,19). The Morgan fingerprint density at radius 2 is 1.95 bits per heavy atom. The number of hydrogen-bond acceptors (Lipinski definition) is 4. The highest BCUT2D eigenvalue weighted by atomic mass is 19.1. The molecule has 1 aliphatic rings. The molecule has 20 heavy (non-hydrogen) atoms. The number of anilines is 3. The third kappa shape index (κ3) is 1.96. The Labute approximate surface area is 113 Å². The minimum Gasteiger partial charge on any atom is -0.323 e. The zero-order chi connectivity index (χ0) is 14.3. The Kier molecular flexibility index (Phi) is 2.98. The van der Waals surface area contributed by atoms with E-state index < -0.39 is 17.5 Å². The van der Waals surface area contributed by atoms with Crippen LogP contribution in [0.15, 0.2) is 24.3 Å². The third-order valence-corrected chi connectivity index (χ3v) is 3.25. The Morgan fingerprint density at radius 3 is 2.70 bits per heavy atom. The van der Waals surface area contributed by atoms with Crippen molar-refractivity contribution in [1.29, 1.82) is 0 Å². The van der Waals surface area contributed by atoms with Crippen molar-refractivity contribution in [2.24, 2.45) is 5.84 Å². The average molecular weight is 280 g/mol. The van der Waals surface area contributed by atoms with Crippen molar-refractivity contribution in [3.63, 3.8) is 0 Å². The number of nitrogens with zero attached hydrogens (tertiary/aromatic N) is 2. The predicted octanol–water partition coefficient (Wildman–Crippen LogP) is 2.48. The van der Waals surface area contributed by atoms with Crippen LogP contribution in [0.25, 0.3) is 0 Å². The summed E-state index contributed by atoms with van der Waals surface area (Å²) in [5, 5.41) is 0. The molecule has 0 fully saturated rings. The van der Waals surface area contributed by atoms with E-state index in [1.807, 2.05) is 0 Å². The van der Waals surface area contributed by atoms with Gasteiger partial charge in [-0.1, -0.05) is 6.07 Å². The van der Waals surface area contributed by atoms with Crippen molar-refractivity contribution in [3.8, 4) is 0 Å². The summed E-state index contributed by atoms with van der Waals surface area (Å²) < 4.78 is 40.6. The zero-order valence-electron chi connectivity index (χ0n) is 10.3. The molecular weight excluding hydrogens is 269 g/mol. The highest BCUT2D eigenvalue weighted by Gasteiger charge is 2.25. The fraction of sp³-hybridized carbons (Fsp3) is 0.154. The summed E-state index contributed by atoms with van der Waals surface area (Å²) in [7, 11) is 0. The largest absolute Gasteiger partial charge is 0.323 e. The number of rotatable bonds is 2. The van der Waals surface area contributed by atoms with Crippen LogP contribution in [0, 0.1) is 17.5 Å². The SMILES string of the molecule is NNc1nc(N2CCc3ccc(F)cc32)c(F)cc1F. The Hall–Kier alpha value is -2.28. The van der Waals surface area contributed by atoms with E-state index in [9.17, 15) is 13.2 Å². The normalized spacial score (nSPS) is 13.5. The molecule has 0 unspecified atom stereocenters. The summed E-state index contributed by atoms with van der Waals surface area (Å²) in [5.41, 5.74) is 3.49. The van der Waals surface area contributed by atoms with Crippen molar-refractivity contribution in [3.05, 3.63) is 47.3 Å². The second-order valence-electron chi connectivity index (χ2n) is 4.44. The topological polar surface area (TPSA) is 54.2 Å². The number of hydrazine groups is 1. The Balaban J connectivity index is 2.10. The van der Waals surface area contributed by atoms with E-state index in [1.54, 1.807) is 6.07 Å². The molecule has 0 radical (unpaired) electrons. The molecule has 7 heteroatoms. The smallest absolute Gasteiger partial charge is 0.178 e. The van der Waals surface area contributed by atoms with Gasteiger partial charge in [0, 0.05) is 18.3 Å². The van der Waals surface area contributed by atoms with Gasteiger partial charge < -0.3 is 10.3 Å². The van der Waals surface area contributed by atoms with E-state index in [0.717, 1.165) is 5.56 Å². The van der Waals surface area contributed by atoms with Gasteiger partial charge in [-0.2, -0.15) is 0 Å². The summed E-state index contributed by atoms with van der Waals surface area (Å²) in [5.74, 6) is 2.67. The quantitative estimate of drug-likeness (QED) is 0.655. The summed E-state index contributed by atoms with van der Waals surface area (Å²) in [6.45, 7) is 0.443. The third-order valence-electron chi connectivity index (χ3n) is 3.25. The van der Waals surface area contributed by atoms with Gasteiger partial charge in [0.15, 0.2) is 23.3 Å². The van der Waals surface area contributed by atoms with E-state index in [-0.39, 0.29) is 11.6 Å². The lowest BCUT2D eigenvalue weighted by molar-refractivity contribution is 0.575. The molecule has 0 bridgehead atoms. The van der Waals surface area contributed by atoms with E-state index in [2.05, 4.69) is 10.4 Å². The van der Waals surface area contributed by atoms with Gasteiger partial charge in [0.05, 0.1) is 0 Å². The monoisotopic (exact) mass is 280 g/mol. The number of halogens is 3. The highest BCUT2D eigenvalue weighted by Crippen LogP contribution is 2.36. The fourth-order valence-corrected chi connectivity index (χ4v) is 2.32. The lowest BCUT2D eigenvalue weighted by Crippen LogP contribution is -2.19. The molecule has 2 heterocycles. The highest BCUT2D eigenvalue weighted by molar-refractivity contribution is 5.69. The van der Waals surface area contributed by atoms with E-state index in [0.29, 0.717) is 24.7 Å². The molecule has 1 aromatic carbocycles. The van der Waals surface area contributed by atoms with Gasteiger partial charge in [-0.25, -0.2) is 24.0 Å². The van der Waals surface area contributed by atoms with Gasteiger partial charge in [-0.3, -0.25) is 0 Å². The average Bonchev–Trinajstić information content (AvgIpc) is 2.82. The van der Waals surface area contributed by atoms with Crippen molar-refractivity contribution in [1.82, 2.24) is 4.98 Å². The molecule has 0 saturated heterocycles. The lowest BCUT2D eigenvalue weighted by Gasteiger charge is -2.19. The van der Waals surface area contributed by atoms with Crippen molar-refractivity contribution in [2.75, 3.05) is 16.9 Å². The van der Waals surface area contributed by atoms with E-state index in [1.165, 1.54) is 17.0 Å². The number of nitrogens with two attached hydrogens (primary N) is 1. The molecular formula is C13H11F3N4. The van der Waals surface area contributed by atoms with Crippen LogP contribution in [-0.2, 0) is 6.42 Å². The van der Waals surface area contributed by atoms with Crippen LogP contribution < -0.4 is 16.2 Å². The van der Waals surface area contributed by atoms with Gasteiger partial charge in [0.25, 0.3) is 0 Å². The van der Waals surface area contributed by atoms with Crippen molar-refractivity contribution < 1.29 is 13.2 Å². The first-order valence-corrected chi connectivity index (χ1v) is 5.99. The molecule has 0 saturated carbocycles. The van der Waals surface area contributed by atoms with Crippen LogP contribution in [0.5, 0.6) is 0 Å². The second kappa shape index (κ2) is 4.68. The van der Waals surface area contributed by atoms with Gasteiger partial charge in [-0.15, -0.1) is 0 Å². The number of fused-ring (bicyclic) bond motifs is 1. The molecule has 3 N–H and O–H groups in total. The van der Waals surface area contributed by atoms with Crippen LogP contribution in [0.4, 0.5) is 30.5 Å². The number of benzene rings is 1. The van der Waals surface area contributed by atoms with E-state index in [4.69, 9.17) is 5.84 Å². The summed E-state index contributed by atoms with van der Waals surface area (Å²) in [6.07, 6.45) is 0.638. The summed E-state index contributed by atoms with van der Waals surface area (Å²) in [6, 6.07) is 5.01. The minimum absolute atomic E-state index is 0.0799. The molecule has 0 amide bonds. The molecule has 0 aliphatic carbocycles. The number of nitrogens with one attached hydrogen (secondary N) is 1. The molecule has 4 nitrogen and oxygen atoms in total. The first-order chi connectivity index (χ1) is 9.60. The lowest BCUT2D eigenvalue weighted by atomic mass is 10.2. The Morgan fingerprint density at radius 1 is 1.15 bits per heavy atom. The summed E-state index contributed by atoms with van der Waals surface area (Å²) >= 11 is 0. The van der Waals surface area contributed by atoms with E-state index >= 15 is 0 Å². The summed E-state index contributed by atoms with van der Waals surface area (Å²) in [4.78, 5) is 5.33. The molecule has 0 atom stereocenters. The van der Waals surface area contributed by atoms with Crippen LogP contribution in [-0.4, -0.2) is 11.5 Å². The maximum Gasteiger partial charge on any atom is 0.178 e. The van der Waals surface area contributed by atoms with Gasteiger partial charge in [0.2, 0.25) is 0 Å². The fourth-order valence-electron chi connectivity index (χ4n) is 2.32. The van der Waals surface area contributed by atoms with Crippen LogP contribution in [0.1, 0.15) is 5.56 Å². The van der Waals surface area contributed by atoms with Crippen LogP contribution in [0.2, 0.25) is 0 Å². The number of aromatic nitrogens is 1. The molecule has 104 valence electrons. The molecule has 3 rings (SSSR count). The molecule has 2 aromatic rings. The number of pyridine rings is 1. The molecule has 1 aromatic heterocycles. The maximum absolute atomic E-state index is 13.9. The minimum atomic E-state index is -0.882. The van der Waals surface area contributed by atoms with Crippen LogP contribution in [0.3, 0.4) is 0 Å². The number of hydrogen-bond donors (Lipinski definition) is 2. The first kappa shape index (κ1) is 12.7. The zero-order valence-corrected chi connectivity index (χ0v) is 10.3. The van der Waals surface area contributed by atoms with Gasteiger partial charge in [-0.05, 0) is 24.1 Å². The van der Waals surface area contributed by atoms with Crippen molar-refractivity contribution >= 4 is 17.3 Å². The van der Waals surface area contributed by atoms with Crippen molar-refractivity contribution in [2.45, 2.75) is 6.42 Å². The van der Waals surface area contributed by atoms with Gasteiger partial charge >= 0.3 is 0 Å². The molecule has 1 aliphatic heterocycles. The second-order valence-corrected chi connectivity index (χ2v) is 4.44. The van der Waals surface area contributed by atoms with Gasteiger partial charge in [0.1, 0.15) is 5.82 Å². The first-order valence-electron chi connectivity index (χ1n) is 5.99. The number of nitrogen functional groups attached to an aromatic ring is 1.